The minimum atomic E-state index is -0.109. The highest BCUT2D eigenvalue weighted by Gasteiger charge is 2.10. The van der Waals surface area contributed by atoms with Crippen LogP contribution in [0.1, 0.15) is 44.2 Å². The summed E-state index contributed by atoms with van der Waals surface area (Å²) in [7, 11) is 0. The van der Waals surface area contributed by atoms with Gasteiger partial charge in [-0.2, -0.15) is 0 Å². The highest BCUT2D eigenvalue weighted by molar-refractivity contribution is 5.77. The van der Waals surface area contributed by atoms with Crippen LogP contribution in [0, 0.1) is 6.92 Å². The topological polar surface area (TPSA) is 64.3 Å². The summed E-state index contributed by atoms with van der Waals surface area (Å²) < 4.78 is 5.66. The van der Waals surface area contributed by atoms with E-state index in [1.54, 1.807) is 0 Å². The SMILES string of the molecule is Cc1ccc(C(C)C)c(OCC(=O)NCCC(C)N)c1. The van der Waals surface area contributed by atoms with Crippen molar-refractivity contribution in [1.29, 1.82) is 0 Å². The second-order valence-electron chi connectivity index (χ2n) is 5.60. The Labute approximate surface area is 121 Å². The predicted molar refractivity (Wildman–Crippen MR) is 82.0 cm³/mol. The number of nitrogens with one attached hydrogen (secondary N) is 1. The van der Waals surface area contributed by atoms with Crippen LogP contribution in [0.5, 0.6) is 5.75 Å². The standard InChI is InChI=1S/C16H26N2O2/c1-11(2)14-6-5-12(3)9-15(14)20-10-16(19)18-8-7-13(4)17/h5-6,9,11,13H,7-8,10,17H2,1-4H3,(H,18,19). The lowest BCUT2D eigenvalue weighted by Crippen LogP contribution is -2.32. The minimum Gasteiger partial charge on any atom is -0.483 e. The first-order chi connectivity index (χ1) is 9.40. The Bertz CT molecular complexity index is 442. The lowest BCUT2D eigenvalue weighted by atomic mass is 10.0. The van der Waals surface area contributed by atoms with Crippen LogP contribution in [0.15, 0.2) is 18.2 Å². The zero-order valence-electron chi connectivity index (χ0n) is 12.9. The third-order valence-corrected chi connectivity index (χ3v) is 3.07. The molecule has 0 saturated heterocycles. The Balaban J connectivity index is 2.52. The normalized spacial score (nSPS) is 12.3. The molecule has 0 aliphatic rings. The predicted octanol–water partition coefficient (Wildman–Crippen LogP) is 2.35. The summed E-state index contributed by atoms with van der Waals surface area (Å²) in [6.07, 6.45) is 0.771. The van der Waals surface area contributed by atoms with E-state index in [0.717, 1.165) is 23.3 Å². The van der Waals surface area contributed by atoms with Crippen LogP contribution < -0.4 is 15.8 Å². The molecule has 4 heteroatoms. The molecule has 0 spiro atoms. The van der Waals surface area contributed by atoms with Gasteiger partial charge in [-0.05, 0) is 43.4 Å². The van der Waals surface area contributed by atoms with Gasteiger partial charge in [0.1, 0.15) is 5.75 Å². The fraction of sp³-hybridized carbons (Fsp3) is 0.562. The number of hydrogen-bond donors (Lipinski definition) is 2. The fourth-order valence-electron chi connectivity index (χ4n) is 1.88. The molecule has 1 aromatic rings. The summed E-state index contributed by atoms with van der Waals surface area (Å²) in [4.78, 5) is 11.7. The first-order valence-electron chi connectivity index (χ1n) is 7.15. The number of carbonyl (C=O) groups excluding carboxylic acids is 1. The summed E-state index contributed by atoms with van der Waals surface area (Å²) in [5.74, 6) is 1.05. The molecular formula is C16H26N2O2. The molecule has 1 rings (SSSR count). The van der Waals surface area contributed by atoms with Crippen LogP contribution in [0.25, 0.3) is 0 Å². The van der Waals surface area contributed by atoms with Crippen LogP contribution >= 0.6 is 0 Å². The Morgan fingerprint density at radius 2 is 2.05 bits per heavy atom. The van der Waals surface area contributed by atoms with Crippen LogP contribution in [0.4, 0.5) is 0 Å². The number of carbonyl (C=O) groups is 1. The van der Waals surface area contributed by atoms with E-state index in [0.29, 0.717) is 12.5 Å². The van der Waals surface area contributed by atoms with E-state index in [-0.39, 0.29) is 18.6 Å². The molecule has 0 saturated carbocycles. The van der Waals surface area contributed by atoms with Crippen LogP contribution in [0.2, 0.25) is 0 Å². The van der Waals surface area contributed by atoms with Gasteiger partial charge in [0.05, 0.1) is 0 Å². The molecule has 0 aliphatic heterocycles. The van der Waals surface area contributed by atoms with Crippen molar-refractivity contribution in [1.82, 2.24) is 5.32 Å². The van der Waals surface area contributed by atoms with Crippen molar-refractivity contribution in [3.63, 3.8) is 0 Å². The highest BCUT2D eigenvalue weighted by atomic mass is 16.5. The van der Waals surface area contributed by atoms with Gasteiger partial charge in [-0.3, -0.25) is 4.79 Å². The van der Waals surface area contributed by atoms with Crippen molar-refractivity contribution in [2.24, 2.45) is 5.73 Å². The van der Waals surface area contributed by atoms with E-state index >= 15 is 0 Å². The Hall–Kier alpha value is -1.55. The highest BCUT2D eigenvalue weighted by Crippen LogP contribution is 2.27. The maximum Gasteiger partial charge on any atom is 0.257 e. The summed E-state index contributed by atoms with van der Waals surface area (Å²) in [5, 5.41) is 2.80. The molecule has 1 unspecified atom stereocenters. The van der Waals surface area contributed by atoms with Crippen molar-refractivity contribution in [3.8, 4) is 5.75 Å². The molecule has 20 heavy (non-hydrogen) atoms. The van der Waals surface area contributed by atoms with Gasteiger partial charge in [0.25, 0.3) is 5.91 Å². The molecule has 1 atom stereocenters. The summed E-state index contributed by atoms with van der Waals surface area (Å²) in [6, 6.07) is 6.19. The lowest BCUT2D eigenvalue weighted by Gasteiger charge is -2.15. The number of amides is 1. The third-order valence-electron chi connectivity index (χ3n) is 3.07. The lowest BCUT2D eigenvalue weighted by molar-refractivity contribution is -0.123. The molecule has 0 aliphatic carbocycles. The van der Waals surface area contributed by atoms with Gasteiger partial charge in [0.2, 0.25) is 0 Å². The Morgan fingerprint density at radius 1 is 1.35 bits per heavy atom. The van der Waals surface area contributed by atoms with Crippen molar-refractivity contribution in [2.75, 3.05) is 13.2 Å². The largest absolute Gasteiger partial charge is 0.483 e. The third kappa shape index (κ3) is 5.61. The van der Waals surface area contributed by atoms with Gasteiger partial charge < -0.3 is 15.8 Å². The smallest absolute Gasteiger partial charge is 0.257 e. The molecule has 1 aromatic carbocycles. The first kappa shape index (κ1) is 16.5. The van der Waals surface area contributed by atoms with E-state index in [9.17, 15) is 4.79 Å². The van der Waals surface area contributed by atoms with Crippen LogP contribution in [-0.4, -0.2) is 25.1 Å². The monoisotopic (exact) mass is 278 g/mol. The van der Waals surface area contributed by atoms with Crippen LogP contribution in [-0.2, 0) is 4.79 Å². The van der Waals surface area contributed by atoms with Crippen molar-refractivity contribution in [2.45, 2.75) is 46.1 Å². The zero-order chi connectivity index (χ0) is 15.1. The minimum absolute atomic E-state index is 0.0438. The average molecular weight is 278 g/mol. The second kappa shape index (κ2) is 7.90. The second-order valence-corrected chi connectivity index (χ2v) is 5.60. The molecule has 3 N–H and O–H groups in total. The first-order valence-corrected chi connectivity index (χ1v) is 7.15. The number of ether oxygens (including phenoxy) is 1. The van der Waals surface area contributed by atoms with E-state index in [1.165, 1.54) is 0 Å². The van der Waals surface area contributed by atoms with Gasteiger partial charge in [0, 0.05) is 12.6 Å². The van der Waals surface area contributed by atoms with Crippen molar-refractivity contribution >= 4 is 5.91 Å². The van der Waals surface area contributed by atoms with Crippen LogP contribution in [0.3, 0.4) is 0 Å². The van der Waals surface area contributed by atoms with Crippen molar-refractivity contribution < 1.29 is 9.53 Å². The fourth-order valence-corrected chi connectivity index (χ4v) is 1.88. The Morgan fingerprint density at radius 3 is 2.65 bits per heavy atom. The number of rotatable bonds is 7. The number of benzene rings is 1. The quantitative estimate of drug-likeness (QED) is 0.804. The summed E-state index contributed by atoms with van der Waals surface area (Å²) >= 11 is 0. The molecule has 4 nitrogen and oxygen atoms in total. The van der Waals surface area contributed by atoms with E-state index in [2.05, 4.69) is 31.3 Å². The molecular weight excluding hydrogens is 252 g/mol. The molecule has 0 fully saturated rings. The molecule has 0 aromatic heterocycles. The molecule has 0 radical (unpaired) electrons. The average Bonchev–Trinajstić information content (AvgIpc) is 2.35. The maximum atomic E-state index is 11.7. The van der Waals surface area contributed by atoms with Gasteiger partial charge in [-0.25, -0.2) is 0 Å². The number of nitrogens with two attached hydrogens (primary N) is 1. The zero-order valence-corrected chi connectivity index (χ0v) is 12.9. The summed E-state index contributed by atoms with van der Waals surface area (Å²) in [6.45, 7) is 8.79. The number of hydrogen-bond acceptors (Lipinski definition) is 3. The van der Waals surface area contributed by atoms with E-state index in [4.69, 9.17) is 10.5 Å². The Kier molecular flexibility index (Phi) is 6.52. The van der Waals surface area contributed by atoms with Gasteiger partial charge in [0.15, 0.2) is 6.61 Å². The molecule has 0 heterocycles. The molecule has 112 valence electrons. The van der Waals surface area contributed by atoms with Gasteiger partial charge in [-0.15, -0.1) is 0 Å². The molecule has 0 bridgehead atoms. The van der Waals surface area contributed by atoms with Crippen molar-refractivity contribution in [3.05, 3.63) is 29.3 Å². The number of aryl methyl sites for hydroxylation is 1. The summed E-state index contributed by atoms with van der Waals surface area (Å²) in [5.41, 5.74) is 7.88. The van der Waals surface area contributed by atoms with Gasteiger partial charge >= 0.3 is 0 Å². The molecule has 1 amide bonds. The van der Waals surface area contributed by atoms with E-state index < -0.39 is 0 Å². The van der Waals surface area contributed by atoms with Gasteiger partial charge in [-0.1, -0.05) is 26.0 Å². The van der Waals surface area contributed by atoms with E-state index in [1.807, 2.05) is 19.9 Å². The maximum absolute atomic E-state index is 11.7.